The molecule has 7 heteroatoms. The number of aliphatic carboxylic acids is 2. The molecule has 0 saturated carbocycles. The Balaban J connectivity index is 2.14. The largest absolute Gasteiger partial charge is 0.480 e. The molecule has 0 unspecified atom stereocenters. The third kappa shape index (κ3) is 2.26. The van der Waals surface area contributed by atoms with E-state index in [1.165, 1.54) is 5.01 Å². The number of aliphatic hydroxyl groups is 1. The van der Waals surface area contributed by atoms with Crippen LogP contribution in [0.25, 0.3) is 0 Å². The van der Waals surface area contributed by atoms with Crippen molar-refractivity contribution in [3.63, 3.8) is 0 Å². The van der Waals surface area contributed by atoms with Gasteiger partial charge in [-0.1, -0.05) is 0 Å². The van der Waals surface area contributed by atoms with Gasteiger partial charge in [0.25, 0.3) is 0 Å². The van der Waals surface area contributed by atoms with Crippen LogP contribution in [0.15, 0.2) is 0 Å². The molecule has 0 bridgehead atoms. The predicted octanol–water partition coefficient (Wildman–Crippen LogP) is -1.03. The third-order valence-electron chi connectivity index (χ3n) is 3.38. The van der Waals surface area contributed by atoms with Gasteiger partial charge in [0.1, 0.15) is 12.1 Å². The minimum absolute atomic E-state index is 0.151. The van der Waals surface area contributed by atoms with Crippen molar-refractivity contribution in [1.29, 1.82) is 0 Å². The number of aliphatic hydroxyl groups excluding tert-OH is 1. The van der Waals surface area contributed by atoms with Crippen molar-refractivity contribution < 1.29 is 24.9 Å². The molecule has 3 atom stereocenters. The Kier molecular flexibility index (Phi) is 3.32. The van der Waals surface area contributed by atoms with E-state index < -0.39 is 30.1 Å². The molecule has 2 aliphatic heterocycles. The Morgan fingerprint density at radius 1 is 1.06 bits per heavy atom. The maximum atomic E-state index is 11.1. The second-order valence-electron chi connectivity index (χ2n) is 4.52. The molecule has 0 amide bonds. The average molecular weight is 244 g/mol. The predicted molar refractivity (Wildman–Crippen MR) is 56.1 cm³/mol. The topological polar surface area (TPSA) is 101 Å². The van der Waals surface area contributed by atoms with Crippen molar-refractivity contribution in [2.45, 2.75) is 37.5 Å². The Hall–Kier alpha value is -1.18. The molecule has 0 aromatic heterocycles. The van der Waals surface area contributed by atoms with Crippen molar-refractivity contribution in [1.82, 2.24) is 10.0 Å². The Morgan fingerprint density at radius 2 is 1.71 bits per heavy atom. The van der Waals surface area contributed by atoms with Crippen molar-refractivity contribution >= 4 is 11.9 Å². The quantitative estimate of drug-likeness (QED) is 0.583. The van der Waals surface area contributed by atoms with Gasteiger partial charge in [-0.25, -0.2) is 10.0 Å². The van der Waals surface area contributed by atoms with Crippen LogP contribution in [0, 0.1) is 0 Å². The van der Waals surface area contributed by atoms with Crippen LogP contribution in [-0.4, -0.2) is 68.6 Å². The molecule has 96 valence electrons. The van der Waals surface area contributed by atoms with Crippen LogP contribution in [0.5, 0.6) is 0 Å². The van der Waals surface area contributed by atoms with Crippen molar-refractivity contribution in [3.05, 3.63) is 0 Å². The summed E-state index contributed by atoms with van der Waals surface area (Å²) >= 11 is 0. The highest BCUT2D eigenvalue weighted by atomic mass is 16.4. The highest BCUT2D eigenvalue weighted by Crippen LogP contribution is 2.27. The lowest BCUT2D eigenvalue weighted by atomic mass is 10.2. The number of hydrogen-bond donors (Lipinski definition) is 3. The summed E-state index contributed by atoms with van der Waals surface area (Å²) in [5, 5.41) is 30.7. The van der Waals surface area contributed by atoms with Gasteiger partial charge in [-0.2, -0.15) is 0 Å². The highest BCUT2D eigenvalue weighted by Gasteiger charge is 2.44. The molecule has 2 heterocycles. The number of hydrazine groups is 1. The van der Waals surface area contributed by atoms with Gasteiger partial charge in [-0.05, 0) is 12.8 Å². The molecule has 2 rings (SSSR count). The van der Waals surface area contributed by atoms with Gasteiger partial charge in [-0.3, -0.25) is 9.59 Å². The molecule has 2 fully saturated rings. The van der Waals surface area contributed by atoms with Crippen LogP contribution in [-0.2, 0) is 9.59 Å². The van der Waals surface area contributed by atoms with E-state index in [0.717, 1.165) is 6.42 Å². The van der Waals surface area contributed by atoms with Crippen molar-refractivity contribution in [2.24, 2.45) is 0 Å². The standard InChI is InChI=1S/C10H16N2O5/c13-6-4-8(10(16)17)12(5-6)11-3-1-2-7(11)9(14)15/h6-8,13H,1-5H2,(H,14,15)(H,16,17)/t6-,7-,8+/m0/s1. The average Bonchev–Trinajstić information content (AvgIpc) is 2.82. The molecule has 3 N–H and O–H groups in total. The molecule has 0 spiro atoms. The van der Waals surface area contributed by atoms with Crippen LogP contribution >= 0.6 is 0 Å². The third-order valence-corrected chi connectivity index (χ3v) is 3.38. The number of rotatable bonds is 3. The minimum Gasteiger partial charge on any atom is -0.480 e. The molecule has 17 heavy (non-hydrogen) atoms. The molecular weight excluding hydrogens is 228 g/mol. The monoisotopic (exact) mass is 244 g/mol. The molecule has 0 aliphatic carbocycles. The summed E-state index contributed by atoms with van der Waals surface area (Å²) in [5.74, 6) is -1.95. The van der Waals surface area contributed by atoms with Gasteiger partial charge in [-0.15, -0.1) is 0 Å². The number of nitrogens with zero attached hydrogens (tertiary/aromatic N) is 2. The van der Waals surface area contributed by atoms with Gasteiger partial charge in [0.2, 0.25) is 0 Å². The molecule has 2 saturated heterocycles. The van der Waals surface area contributed by atoms with E-state index in [-0.39, 0.29) is 13.0 Å². The fourth-order valence-electron chi connectivity index (χ4n) is 2.62. The maximum absolute atomic E-state index is 11.1. The first-order chi connectivity index (χ1) is 8.00. The van der Waals surface area contributed by atoms with Crippen molar-refractivity contribution in [3.8, 4) is 0 Å². The summed E-state index contributed by atoms with van der Waals surface area (Å²) < 4.78 is 0. The maximum Gasteiger partial charge on any atom is 0.322 e. The number of carboxylic acid groups (broad SMARTS) is 2. The zero-order valence-electron chi connectivity index (χ0n) is 9.32. The second-order valence-corrected chi connectivity index (χ2v) is 4.52. The lowest BCUT2D eigenvalue weighted by Crippen LogP contribution is -2.52. The van der Waals surface area contributed by atoms with E-state index in [0.29, 0.717) is 13.0 Å². The molecule has 0 aromatic carbocycles. The molecule has 0 radical (unpaired) electrons. The van der Waals surface area contributed by atoms with Gasteiger partial charge in [0.05, 0.1) is 6.10 Å². The summed E-state index contributed by atoms with van der Waals surface area (Å²) in [6.07, 6.45) is 0.702. The molecule has 7 nitrogen and oxygen atoms in total. The minimum atomic E-state index is -1.02. The number of carboxylic acids is 2. The Morgan fingerprint density at radius 3 is 2.29 bits per heavy atom. The van der Waals surface area contributed by atoms with E-state index in [1.807, 2.05) is 0 Å². The van der Waals surface area contributed by atoms with Crippen LogP contribution in [0.1, 0.15) is 19.3 Å². The fourth-order valence-corrected chi connectivity index (χ4v) is 2.62. The Labute approximate surface area is 98.2 Å². The van der Waals surface area contributed by atoms with Crippen LogP contribution < -0.4 is 0 Å². The zero-order valence-corrected chi connectivity index (χ0v) is 9.32. The summed E-state index contributed by atoms with van der Waals surface area (Å²) in [4.78, 5) is 22.1. The van der Waals surface area contributed by atoms with Crippen molar-refractivity contribution in [2.75, 3.05) is 13.1 Å². The van der Waals surface area contributed by atoms with Gasteiger partial charge < -0.3 is 15.3 Å². The summed E-state index contributed by atoms with van der Waals surface area (Å²) in [6, 6.07) is -1.48. The normalized spacial score (nSPS) is 35.2. The van der Waals surface area contributed by atoms with E-state index in [1.54, 1.807) is 5.01 Å². The van der Waals surface area contributed by atoms with Crippen LogP contribution in [0.2, 0.25) is 0 Å². The highest BCUT2D eigenvalue weighted by molar-refractivity contribution is 5.75. The number of hydrogen-bond acceptors (Lipinski definition) is 5. The van der Waals surface area contributed by atoms with Crippen LogP contribution in [0.3, 0.4) is 0 Å². The van der Waals surface area contributed by atoms with Gasteiger partial charge >= 0.3 is 11.9 Å². The fraction of sp³-hybridized carbons (Fsp3) is 0.800. The van der Waals surface area contributed by atoms with E-state index in [4.69, 9.17) is 10.2 Å². The lowest BCUT2D eigenvalue weighted by molar-refractivity contribution is -0.160. The summed E-state index contributed by atoms with van der Waals surface area (Å²) in [7, 11) is 0. The SMILES string of the molecule is O=C(O)[C@H]1C[C@H](O)CN1N1CCC[C@H]1C(=O)O. The molecule has 0 aromatic rings. The summed E-state index contributed by atoms with van der Waals surface area (Å²) in [6.45, 7) is 0.730. The van der Waals surface area contributed by atoms with E-state index in [9.17, 15) is 14.7 Å². The molecular formula is C10H16N2O5. The smallest absolute Gasteiger partial charge is 0.322 e. The molecule has 2 aliphatic rings. The number of β-amino-alcohol motifs (C(OH)–C–C–N with tert-alkyl or cyclic N) is 1. The second kappa shape index (κ2) is 4.59. The Bertz CT molecular complexity index is 335. The first-order valence-corrected chi connectivity index (χ1v) is 5.67. The first kappa shape index (κ1) is 12.3. The van der Waals surface area contributed by atoms with Gasteiger partial charge in [0.15, 0.2) is 0 Å². The van der Waals surface area contributed by atoms with E-state index in [2.05, 4.69) is 0 Å². The summed E-state index contributed by atoms with van der Waals surface area (Å²) in [5.41, 5.74) is 0. The van der Waals surface area contributed by atoms with E-state index >= 15 is 0 Å². The van der Waals surface area contributed by atoms with Crippen LogP contribution in [0.4, 0.5) is 0 Å². The lowest BCUT2D eigenvalue weighted by Gasteiger charge is -2.33. The zero-order chi connectivity index (χ0) is 12.6. The number of carbonyl (C=O) groups is 2. The van der Waals surface area contributed by atoms with Gasteiger partial charge in [0, 0.05) is 19.5 Å². The first-order valence-electron chi connectivity index (χ1n) is 5.67.